The Labute approximate surface area is 93.2 Å². The fourth-order valence-electron chi connectivity index (χ4n) is 1.51. The molecule has 0 heterocycles. The highest BCUT2D eigenvalue weighted by molar-refractivity contribution is 4.66. The molecular weight excluding hydrogens is 192 g/mol. The van der Waals surface area contributed by atoms with E-state index in [1.54, 1.807) is 7.11 Å². The summed E-state index contributed by atoms with van der Waals surface area (Å²) in [5.41, 5.74) is 5.47. The number of hydrogen-bond donors (Lipinski definition) is 3. The van der Waals surface area contributed by atoms with Crippen molar-refractivity contribution < 1.29 is 9.84 Å². The molecule has 0 amide bonds. The average molecular weight is 218 g/mol. The first-order valence-corrected chi connectivity index (χ1v) is 5.81. The van der Waals surface area contributed by atoms with Gasteiger partial charge < -0.3 is 20.9 Å². The van der Waals surface area contributed by atoms with Gasteiger partial charge in [0.25, 0.3) is 0 Å². The molecule has 0 aliphatic heterocycles. The number of methoxy groups -OCH3 is 1. The fraction of sp³-hybridized carbons (Fsp3) is 1.00. The van der Waals surface area contributed by atoms with Crippen LogP contribution in [0.1, 0.15) is 32.6 Å². The van der Waals surface area contributed by atoms with E-state index in [1.807, 2.05) is 6.92 Å². The first kappa shape index (κ1) is 14.8. The molecule has 4 heteroatoms. The molecule has 0 aliphatic rings. The van der Waals surface area contributed by atoms with Crippen molar-refractivity contribution in [2.75, 3.05) is 26.8 Å². The zero-order valence-electron chi connectivity index (χ0n) is 10.0. The van der Waals surface area contributed by atoms with Gasteiger partial charge in [-0.25, -0.2) is 0 Å². The summed E-state index contributed by atoms with van der Waals surface area (Å²) in [7, 11) is 1.72. The molecule has 0 aromatic rings. The molecule has 0 rings (SSSR count). The van der Waals surface area contributed by atoms with Crippen molar-refractivity contribution in [2.45, 2.75) is 44.8 Å². The van der Waals surface area contributed by atoms with Crippen LogP contribution in [0.5, 0.6) is 0 Å². The largest absolute Gasteiger partial charge is 0.393 e. The lowest BCUT2D eigenvalue weighted by Crippen LogP contribution is -2.34. The van der Waals surface area contributed by atoms with Gasteiger partial charge in [-0.1, -0.05) is 0 Å². The van der Waals surface area contributed by atoms with Crippen LogP contribution >= 0.6 is 0 Å². The lowest BCUT2D eigenvalue weighted by atomic mass is 10.1. The summed E-state index contributed by atoms with van der Waals surface area (Å²) in [6.07, 6.45) is 3.73. The minimum Gasteiger partial charge on any atom is -0.393 e. The van der Waals surface area contributed by atoms with Crippen molar-refractivity contribution in [3.63, 3.8) is 0 Å². The predicted octanol–water partition coefficient (Wildman–Crippen LogP) is 0.491. The van der Waals surface area contributed by atoms with Crippen LogP contribution in [0, 0.1) is 0 Å². The van der Waals surface area contributed by atoms with Crippen molar-refractivity contribution in [1.29, 1.82) is 0 Å². The number of nitrogens with two attached hydrogens (primary N) is 1. The molecule has 4 nitrogen and oxygen atoms in total. The number of hydrogen-bond acceptors (Lipinski definition) is 4. The monoisotopic (exact) mass is 218 g/mol. The van der Waals surface area contributed by atoms with Gasteiger partial charge in [-0.3, -0.25) is 0 Å². The third kappa shape index (κ3) is 10.1. The Morgan fingerprint density at radius 2 is 2.07 bits per heavy atom. The van der Waals surface area contributed by atoms with Gasteiger partial charge >= 0.3 is 0 Å². The lowest BCUT2D eigenvalue weighted by molar-refractivity contribution is 0.157. The molecule has 0 spiro atoms. The molecule has 0 bridgehead atoms. The Balaban J connectivity index is 3.47. The Morgan fingerprint density at radius 3 is 2.60 bits per heavy atom. The summed E-state index contributed by atoms with van der Waals surface area (Å²) in [5.74, 6) is 0. The molecule has 0 aromatic carbocycles. The van der Waals surface area contributed by atoms with Gasteiger partial charge in [0, 0.05) is 13.2 Å². The number of nitrogens with one attached hydrogen (secondary N) is 1. The highest BCUT2D eigenvalue weighted by atomic mass is 16.5. The Kier molecular flexibility index (Phi) is 10.3. The maximum atomic E-state index is 9.09. The standard InChI is InChI=1S/C11H26N2O2/c1-10(14)5-4-8-13-11(9-15-2)6-3-7-12/h10-11,13-14H,3-9,12H2,1-2H3. The highest BCUT2D eigenvalue weighted by Crippen LogP contribution is 1.99. The Hall–Kier alpha value is -0.160. The van der Waals surface area contributed by atoms with E-state index in [4.69, 9.17) is 15.6 Å². The minimum absolute atomic E-state index is 0.197. The van der Waals surface area contributed by atoms with Crippen molar-refractivity contribution >= 4 is 0 Å². The molecule has 4 N–H and O–H groups in total. The maximum Gasteiger partial charge on any atom is 0.0615 e. The summed E-state index contributed by atoms with van der Waals surface area (Å²) >= 11 is 0. The van der Waals surface area contributed by atoms with Crippen LogP contribution in [0.2, 0.25) is 0 Å². The smallest absolute Gasteiger partial charge is 0.0615 e. The Morgan fingerprint density at radius 1 is 1.33 bits per heavy atom. The molecule has 0 aliphatic carbocycles. The van der Waals surface area contributed by atoms with Crippen LogP contribution < -0.4 is 11.1 Å². The predicted molar refractivity (Wildman–Crippen MR) is 62.9 cm³/mol. The fourth-order valence-corrected chi connectivity index (χ4v) is 1.51. The molecule has 0 fully saturated rings. The zero-order valence-corrected chi connectivity index (χ0v) is 10.0. The van der Waals surface area contributed by atoms with E-state index in [9.17, 15) is 0 Å². The SMILES string of the molecule is COCC(CCCN)NCCCC(C)O. The van der Waals surface area contributed by atoms with E-state index in [2.05, 4.69) is 5.32 Å². The van der Waals surface area contributed by atoms with Crippen LogP contribution in [0.25, 0.3) is 0 Å². The molecule has 15 heavy (non-hydrogen) atoms. The van der Waals surface area contributed by atoms with Gasteiger partial charge in [-0.15, -0.1) is 0 Å². The van der Waals surface area contributed by atoms with E-state index in [1.165, 1.54) is 0 Å². The first-order valence-electron chi connectivity index (χ1n) is 5.81. The van der Waals surface area contributed by atoms with Gasteiger partial charge in [0.2, 0.25) is 0 Å². The van der Waals surface area contributed by atoms with Gasteiger partial charge in [0.05, 0.1) is 12.7 Å². The number of ether oxygens (including phenoxy) is 1. The normalized spacial score (nSPS) is 15.2. The molecule has 0 saturated carbocycles. The van der Waals surface area contributed by atoms with E-state index in [0.717, 1.165) is 45.4 Å². The molecule has 0 radical (unpaired) electrons. The molecular formula is C11H26N2O2. The molecule has 0 aromatic heterocycles. The quantitative estimate of drug-likeness (QED) is 0.467. The topological polar surface area (TPSA) is 67.5 Å². The van der Waals surface area contributed by atoms with Gasteiger partial charge in [-0.2, -0.15) is 0 Å². The summed E-state index contributed by atoms with van der Waals surface area (Å²) in [6, 6.07) is 0.396. The highest BCUT2D eigenvalue weighted by Gasteiger charge is 2.06. The van der Waals surface area contributed by atoms with Gasteiger partial charge in [0.15, 0.2) is 0 Å². The molecule has 0 saturated heterocycles. The van der Waals surface area contributed by atoms with E-state index < -0.39 is 0 Å². The van der Waals surface area contributed by atoms with Crippen molar-refractivity contribution in [3.05, 3.63) is 0 Å². The summed E-state index contributed by atoms with van der Waals surface area (Å²) in [4.78, 5) is 0. The third-order valence-corrected chi connectivity index (χ3v) is 2.36. The lowest BCUT2D eigenvalue weighted by Gasteiger charge is -2.17. The third-order valence-electron chi connectivity index (χ3n) is 2.36. The Bertz CT molecular complexity index is 132. The second kappa shape index (κ2) is 10.4. The van der Waals surface area contributed by atoms with Crippen molar-refractivity contribution in [3.8, 4) is 0 Å². The summed E-state index contributed by atoms with van der Waals surface area (Å²) < 4.78 is 5.13. The van der Waals surface area contributed by atoms with Crippen LogP contribution in [0.4, 0.5) is 0 Å². The molecule has 92 valence electrons. The number of aliphatic hydroxyl groups excluding tert-OH is 1. The summed E-state index contributed by atoms with van der Waals surface area (Å²) in [6.45, 7) is 4.22. The van der Waals surface area contributed by atoms with Crippen molar-refractivity contribution in [2.24, 2.45) is 5.73 Å². The molecule has 2 unspecified atom stereocenters. The number of rotatable bonds is 10. The summed E-state index contributed by atoms with van der Waals surface area (Å²) in [5, 5.41) is 12.5. The van der Waals surface area contributed by atoms with Crippen molar-refractivity contribution in [1.82, 2.24) is 5.32 Å². The second-order valence-electron chi connectivity index (χ2n) is 4.03. The van der Waals surface area contributed by atoms with E-state index >= 15 is 0 Å². The molecule has 2 atom stereocenters. The van der Waals surface area contributed by atoms with E-state index in [-0.39, 0.29) is 6.10 Å². The second-order valence-corrected chi connectivity index (χ2v) is 4.03. The van der Waals surface area contributed by atoms with E-state index in [0.29, 0.717) is 6.04 Å². The maximum absolute atomic E-state index is 9.09. The first-order chi connectivity index (χ1) is 7.20. The van der Waals surface area contributed by atoms with Gasteiger partial charge in [0.1, 0.15) is 0 Å². The average Bonchev–Trinajstić information content (AvgIpc) is 2.20. The number of aliphatic hydroxyl groups is 1. The van der Waals surface area contributed by atoms with Crippen LogP contribution in [0.15, 0.2) is 0 Å². The van der Waals surface area contributed by atoms with Crippen LogP contribution in [-0.2, 0) is 4.74 Å². The van der Waals surface area contributed by atoms with Gasteiger partial charge in [-0.05, 0) is 45.7 Å². The zero-order chi connectivity index (χ0) is 11.5. The van der Waals surface area contributed by atoms with Crippen LogP contribution in [-0.4, -0.2) is 44.1 Å². The van der Waals surface area contributed by atoms with Crippen LogP contribution in [0.3, 0.4) is 0 Å². The minimum atomic E-state index is -0.197.